The summed E-state index contributed by atoms with van der Waals surface area (Å²) in [4.78, 5) is 63.4. The van der Waals surface area contributed by atoms with Gasteiger partial charge in [0.2, 0.25) is 0 Å². The summed E-state index contributed by atoms with van der Waals surface area (Å²) in [6.07, 6.45) is 6.28. The molecule has 4 aliphatic rings. The van der Waals surface area contributed by atoms with Crippen LogP contribution in [0.4, 0.5) is 15.3 Å². The van der Waals surface area contributed by atoms with Crippen molar-refractivity contribution in [3.05, 3.63) is 58.7 Å². The number of hydrogen-bond donors (Lipinski definition) is 2. The Labute approximate surface area is 339 Å². The molecule has 4 amide bonds. The summed E-state index contributed by atoms with van der Waals surface area (Å²) in [5.41, 5.74) is 4.21. The molecule has 2 aromatic carbocycles. The van der Waals surface area contributed by atoms with Crippen LogP contribution in [-0.2, 0) is 31.9 Å². The number of phenols is 1. The van der Waals surface area contributed by atoms with E-state index in [9.17, 15) is 24.3 Å². The number of ether oxygens (including phenoxy) is 2. The molecule has 57 heavy (non-hydrogen) atoms. The zero-order valence-electron chi connectivity index (χ0n) is 33.7. The molecule has 0 saturated carbocycles. The highest BCUT2D eigenvalue weighted by Gasteiger charge is 2.36. The van der Waals surface area contributed by atoms with Crippen LogP contribution in [0.15, 0.2) is 36.4 Å². The molecular formula is C44H66N6O7. The summed E-state index contributed by atoms with van der Waals surface area (Å²) in [5.74, 6) is -0.0898. The van der Waals surface area contributed by atoms with E-state index in [0.717, 1.165) is 88.1 Å². The molecule has 0 spiro atoms. The molecule has 4 aliphatic heterocycles. The van der Waals surface area contributed by atoms with E-state index in [0.29, 0.717) is 75.8 Å². The fraction of sp³-hybridized carbons (Fsp3) is 0.636. The van der Waals surface area contributed by atoms with Crippen LogP contribution in [0.2, 0.25) is 0 Å². The molecule has 4 heterocycles. The Balaban J connectivity index is 0.00000620. The molecule has 0 unspecified atom stereocenters. The topological polar surface area (TPSA) is 135 Å². The number of unbranched alkanes of at least 4 members (excludes halogenated alkanes) is 2. The number of carbonyl (C=O) groups excluding carboxylic acids is 4. The Morgan fingerprint density at radius 3 is 2.21 bits per heavy atom. The number of aromatic hydroxyl groups is 1. The lowest BCUT2D eigenvalue weighted by atomic mass is 10.00. The highest BCUT2D eigenvalue weighted by molar-refractivity contribution is 5.91. The third-order valence-electron chi connectivity index (χ3n) is 12.1. The zero-order chi connectivity index (χ0) is 39.6. The monoisotopic (exact) mass is 790 g/mol. The fourth-order valence-electron chi connectivity index (χ4n) is 8.73. The predicted molar refractivity (Wildman–Crippen MR) is 221 cm³/mol. The van der Waals surface area contributed by atoms with Crippen LogP contribution in [0.1, 0.15) is 88.0 Å². The fourth-order valence-corrected chi connectivity index (χ4v) is 8.73. The van der Waals surface area contributed by atoms with Crippen molar-refractivity contribution in [1.29, 1.82) is 0 Å². The van der Waals surface area contributed by atoms with Gasteiger partial charge in [0.1, 0.15) is 5.75 Å². The average molecular weight is 791 g/mol. The largest absolute Gasteiger partial charge is 0.507 e. The van der Waals surface area contributed by atoms with Crippen LogP contribution >= 0.6 is 0 Å². The van der Waals surface area contributed by atoms with E-state index in [1.54, 1.807) is 4.90 Å². The van der Waals surface area contributed by atoms with Crippen LogP contribution in [0.5, 0.6) is 5.75 Å². The summed E-state index contributed by atoms with van der Waals surface area (Å²) in [6.45, 7) is 13.0. The number of rotatable bonds is 13. The highest BCUT2D eigenvalue weighted by Crippen LogP contribution is 2.27. The Morgan fingerprint density at radius 1 is 0.860 bits per heavy atom. The predicted octanol–water partition coefficient (Wildman–Crippen LogP) is 5.98. The molecule has 0 radical (unpaired) electrons. The van der Waals surface area contributed by atoms with Gasteiger partial charge in [0.25, 0.3) is 5.91 Å². The van der Waals surface area contributed by atoms with Gasteiger partial charge in [-0.15, -0.1) is 0 Å². The molecule has 314 valence electrons. The molecule has 0 bridgehead atoms. The van der Waals surface area contributed by atoms with Crippen LogP contribution in [0.3, 0.4) is 0 Å². The van der Waals surface area contributed by atoms with Gasteiger partial charge in [-0.25, -0.2) is 9.59 Å². The third-order valence-corrected chi connectivity index (χ3v) is 12.1. The van der Waals surface area contributed by atoms with Crippen LogP contribution in [0, 0.1) is 13.8 Å². The van der Waals surface area contributed by atoms with Gasteiger partial charge < -0.3 is 39.5 Å². The van der Waals surface area contributed by atoms with Crippen molar-refractivity contribution in [2.75, 3.05) is 77.4 Å². The first-order valence-corrected chi connectivity index (χ1v) is 20.9. The van der Waals surface area contributed by atoms with Gasteiger partial charge in [-0.05, 0) is 93.8 Å². The van der Waals surface area contributed by atoms with Gasteiger partial charge in [-0.3, -0.25) is 14.5 Å². The maximum Gasteiger partial charge on any atom is 0.410 e. The highest BCUT2D eigenvalue weighted by atomic mass is 16.6. The Morgan fingerprint density at radius 2 is 1.53 bits per heavy atom. The molecule has 6 rings (SSSR count). The summed E-state index contributed by atoms with van der Waals surface area (Å²) in [7, 11) is 0. The van der Waals surface area contributed by atoms with Crippen molar-refractivity contribution in [2.24, 2.45) is 0 Å². The van der Waals surface area contributed by atoms with E-state index < -0.39 is 12.2 Å². The van der Waals surface area contributed by atoms with Crippen LogP contribution < -0.4 is 5.32 Å². The minimum Gasteiger partial charge on any atom is -0.507 e. The number of piperazine rings is 1. The SMILES string of the molecule is C.CCCCCOC(=O)CCN1CCC(N2CCN(C(=O)[C@@H](Cc3cc(C)c(O)c(C)c3)OC(=O)N3CCC(N4CCc5ccccc5NC4=O)CC3)CC2)CC1. The number of phenolic OH excluding ortho intramolecular Hbond substituents is 1. The number of benzene rings is 2. The molecule has 0 aromatic heterocycles. The summed E-state index contributed by atoms with van der Waals surface area (Å²) in [5, 5.41) is 13.5. The van der Waals surface area contributed by atoms with Gasteiger partial charge in [0, 0.05) is 76.5 Å². The molecule has 0 aliphatic carbocycles. The average Bonchev–Trinajstić information content (AvgIpc) is 3.38. The van der Waals surface area contributed by atoms with Crippen LogP contribution in [-0.4, -0.2) is 144 Å². The van der Waals surface area contributed by atoms with Gasteiger partial charge in [0.15, 0.2) is 6.10 Å². The number of nitrogens with zero attached hydrogens (tertiary/aromatic N) is 5. The number of anilines is 1. The van der Waals surface area contributed by atoms with Crippen molar-refractivity contribution >= 4 is 29.7 Å². The van der Waals surface area contributed by atoms with E-state index in [4.69, 9.17) is 9.47 Å². The number of nitrogens with one attached hydrogen (secondary N) is 1. The first kappa shape index (κ1) is 43.8. The second-order valence-electron chi connectivity index (χ2n) is 16.0. The number of piperidine rings is 2. The van der Waals surface area contributed by atoms with E-state index in [-0.39, 0.29) is 43.5 Å². The van der Waals surface area contributed by atoms with Crippen LogP contribution in [0.25, 0.3) is 0 Å². The number of urea groups is 1. The number of para-hydroxylation sites is 1. The second kappa shape index (κ2) is 20.9. The standard InChI is InChI=1S/C43H62N6O7.CH4/c1-4-5-8-27-55-39(50)16-19-45-17-12-35(13-18-45)46-23-25-47(26-24-46)41(52)38(30-33-28-31(2)40(51)32(3)29-33)56-43(54)48-20-14-36(15-21-48)49-22-11-34-9-6-7-10-37(34)44-42(49)53;/h6-7,9-10,28-29,35-36,38,51H,4-5,8,11-27,30H2,1-3H3,(H,44,53);1H4/t38-;/m1./s1. The summed E-state index contributed by atoms with van der Waals surface area (Å²) >= 11 is 0. The van der Waals surface area contributed by atoms with Crippen molar-refractivity contribution in [3.63, 3.8) is 0 Å². The first-order chi connectivity index (χ1) is 27.1. The van der Waals surface area contributed by atoms with Gasteiger partial charge in [-0.1, -0.05) is 57.5 Å². The lowest BCUT2D eigenvalue weighted by Gasteiger charge is -2.43. The molecule has 13 nitrogen and oxygen atoms in total. The molecule has 3 saturated heterocycles. The first-order valence-electron chi connectivity index (χ1n) is 20.9. The number of fused-ring (bicyclic) bond motifs is 1. The van der Waals surface area contributed by atoms with E-state index in [1.807, 2.05) is 60.0 Å². The number of amides is 4. The number of likely N-dealkylation sites (tertiary alicyclic amines) is 2. The Kier molecular flexibility index (Phi) is 16.0. The molecule has 1 atom stereocenters. The van der Waals surface area contributed by atoms with Crippen molar-refractivity contribution in [1.82, 2.24) is 24.5 Å². The van der Waals surface area contributed by atoms with Gasteiger partial charge >= 0.3 is 18.1 Å². The van der Waals surface area contributed by atoms with Crippen molar-refractivity contribution in [2.45, 2.75) is 111 Å². The van der Waals surface area contributed by atoms with Gasteiger partial charge in [-0.2, -0.15) is 0 Å². The number of hydrogen-bond acceptors (Lipinski definition) is 9. The molecule has 2 N–H and O–H groups in total. The maximum absolute atomic E-state index is 14.2. The van der Waals surface area contributed by atoms with E-state index >= 15 is 0 Å². The maximum atomic E-state index is 14.2. The Bertz CT molecular complexity index is 1640. The Hall–Kier alpha value is -4.36. The third kappa shape index (κ3) is 11.6. The second-order valence-corrected chi connectivity index (χ2v) is 16.0. The summed E-state index contributed by atoms with van der Waals surface area (Å²) in [6, 6.07) is 11.9. The quantitative estimate of drug-likeness (QED) is 0.186. The lowest BCUT2D eigenvalue weighted by molar-refractivity contribution is -0.144. The van der Waals surface area contributed by atoms with E-state index in [1.165, 1.54) is 0 Å². The number of carbonyl (C=O) groups is 4. The molecule has 3 fully saturated rings. The minimum atomic E-state index is -1.01. The van der Waals surface area contributed by atoms with E-state index in [2.05, 4.69) is 22.0 Å². The zero-order valence-corrected chi connectivity index (χ0v) is 33.7. The lowest BCUT2D eigenvalue weighted by Crippen LogP contribution is -2.56. The number of aryl methyl sites for hydroxylation is 2. The molecule has 13 heteroatoms. The normalized spacial score (nSPS) is 19.2. The van der Waals surface area contributed by atoms with Gasteiger partial charge in [0.05, 0.1) is 13.0 Å². The number of esters is 1. The smallest absolute Gasteiger partial charge is 0.410 e. The minimum absolute atomic E-state index is 0. The van der Waals surface area contributed by atoms with Crippen molar-refractivity contribution in [3.8, 4) is 5.75 Å². The molecule has 2 aromatic rings. The summed E-state index contributed by atoms with van der Waals surface area (Å²) < 4.78 is 11.5. The molecular weight excluding hydrogens is 725 g/mol. The van der Waals surface area contributed by atoms with Crippen molar-refractivity contribution < 1.29 is 33.8 Å².